The molecule has 9 heteroatoms. The molecule has 1 aromatic heterocycles. The molecule has 0 saturated carbocycles. The maximum Gasteiger partial charge on any atom is 0.335 e. The van der Waals surface area contributed by atoms with Crippen LogP contribution in [0.25, 0.3) is 0 Å². The lowest BCUT2D eigenvalue weighted by atomic mass is 10.1. The Labute approximate surface area is 165 Å². The van der Waals surface area contributed by atoms with E-state index in [9.17, 15) is 14.9 Å². The number of hydrogen-bond donors (Lipinski definition) is 2. The van der Waals surface area contributed by atoms with Crippen LogP contribution in [0.15, 0.2) is 72.0 Å². The van der Waals surface area contributed by atoms with Gasteiger partial charge in [-0.2, -0.15) is 5.10 Å². The van der Waals surface area contributed by atoms with E-state index >= 15 is 0 Å². The summed E-state index contributed by atoms with van der Waals surface area (Å²) in [5, 5.41) is 24.0. The van der Waals surface area contributed by atoms with Gasteiger partial charge in [0.2, 0.25) is 5.82 Å². The largest absolute Gasteiger partial charge is 0.488 e. The third kappa shape index (κ3) is 5.13. The summed E-state index contributed by atoms with van der Waals surface area (Å²) in [6.45, 7) is 0.240. The maximum atomic E-state index is 11.0. The van der Waals surface area contributed by atoms with Gasteiger partial charge in [0.1, 0.15) is 12.4 Å². The van der Waals surface area contributed by atoms with Gasteiger partial charge in [-0.3, -0.25) is 15.5 Å². The fourth-order valence-corrected chi connectivity index (χ4v) is 2.42. The number of nitrogens with one attached hydrogen (secondary N) is 1. The number of pyridine rings is 1. The van der Waals surface area contributed by atoms with Gasteiger partial charge in [-0.05, 0) is 35.9 Å². The molecule has 2 aromatic carbocycles. The molecule has 29 heavy (non-hydrogen) atoms. The van der Waals surface area contributed by atoms with Crippen molar-refractivity contribution in [1.82, 2.24) is 4.98 Å². The van der Waals surface area contributed by atoms with Crippen molar-refractivity contribution in [2.45, 2.75) is 6.61 Å². The zero-order valence-corrected chi connectivity index (χ0v) is 15.1. The highest BCUT2D eigenvalue weighted by Gasteiger charge is 2.13. The molecule has 146 valence electrons. The molecule has 0 bridgehead atoms. The summed E-state index contributed by atoms with van der Waals surface area (Å²) < 4.78 is 5.80. The van der Waals surface area contributed by atoms with Crippen molar-refractivity contribution in [3.8, 4) is 5.75 Å². The Bertz CT molecular complexity index is 1050. The summed E-state index contributed by atoms with van der Waals surface area (Å²) in [6.07, 6.45) is 2.90. The smallest absolute Gasteiger partial charge is 0.335 e. The summed E-state index contributed by atoms with van der Waals surface area (Å²) in [4.78, 5) is 25.3. The Hall–Kier alpha value is -4.27. The van der Waals surface area contributed by atoms with Crippen molar-refractivity contribution in [3.05, 3.63) is 93.7 Å². The Morgan fingerprint density at radius 3 is 2.66 bits per heavy atom. The number of aromatic nitrogens is 1. The number of benzene rings is 2. The van der Waals surface area contributed by atoms with Gasteiger partial charge in [-0.1, -0.05) is 24.3 Å². The number of rotatable bonds is 8. The second-order valence-electron chi connectivity index (χ2n) is 5.83. The number of carboxylic acids is 1. The zero-order valence-electron chi connectivity index (χ0n) is 15.1. The van der Waals surface area contributed by atoms with Gasteiger partial charge in [-0.15, -0.1) is 0 Å². The molecule has 3 aromatic rings. The summed E-state index contributed by atoms with van der Waals surface area (Å²) >= 11 is 0. The van der Waals surface area contributed by atoms with Gasteiger partial charge in [0.15, 0.2) is 0 Å². The highest BCUT2D eigenvalue weighted by Crippen LogP contribution is 2.21. The monoisotopic (exact) mass is 392 g/mol. The Balaban J connectivity index is 1.68. The number of nitro groups is 1. The van der Waals surface area contributed by atoms with Crippen LogP contribution in [0.5, 0.6) is 5.75 Å². The average molecular weight is 392 g/mol. The minimum absolute atomic E-state index is 0.0330. The van der Waals surface area contributed by atoms with E-state index in [-0.39, 0.29) is 23.7 Å². The molecule has 0 radical (unpaired) electrons. The Morgan fingerprint density at radius 1 is 1.17 bits per heavy atom. The van der Waals surface area contributed by atoms with Crippen LogP contribution in [0, 0.1) is 10.1 Å². The minimum atomic E-state index is -0.986. The molecule has 0 spiro atoms. The van der Waals surface area contributed by atoms with Crippen LogP contribution in [-0.4, -0.2) is 27.2 Å². The molecule has 0 atom stereocenters. The highest BCUT2D eigenvalue weighted by atomic mass is 16.6. The molecule has 0 saturated heterocycles. The predicted octanol–water partition coefficient (Wildman–Crippen LogP) is 3.71. The van der Waals surface area contributed by atoms with Crippen LogP contribution in [0.4, 0.5) is 11.5 Å². The van der Waals surface area contributed by atoms with Gasteiger partial charge >= 0.3 is 11.7 Å². The summed E-state index contributed by atoms with van der Waals surface area (Å²) in [5.74, 6) is -0.402. The van der Waals surface area contributed by atoms with E-state index in [1.165, 1.54) is 36.7 Å². The lowest BCUT2D eigenvalue weighted by Crippen LogP contribution is -2.01. The van der Waals surface area contributed by atoms with Crippen molar-refractivity contribution < 1.29 is 19.6 Å². The number of ether oxygens (including phenoxy) is 1. The standard InChI is InChI=1S/C20H16N4O5/c25-20(26)15-9-7-14(8-10-15)13-29-18-6-2-1-4-16(18)12-22-23-19-17(24(27)28)5-3-11-21-19/h1-12H,13H2,(H,21,23)(H,25,26)/b22-12+. The third-order valence-electron chi connectivity index (χ3n) is 3.87. The first-order valence-electron chi connectivity index (χ1n) is 8.47. The Morgan fingerprint density at radius 2 is 1.93 bits per heavy atom. The molecule has 0 aliphatic heterocycles. The number of nitrogens with zero attached hydrogens (tertiary/aromatic N) is 3. The molecular weight excluding hydrogens is 376 g/mol. The van der Waals surface area contributed by atoms with Crippen LogP contribution in [0.2, 0.25) is 0 Å². The van der Waals surface area contributed by atoms with Crippen LogP contribution in [-0.2, 0) is 6.61 Å². The van der Waals surface area contributed by atoms with Gasteiger partial charge < -0.3 is 9.84 Å². The molecule has 3 rings (SSSR count). The molecule has 0 unspecified atom stereocenters. The zero-order chi connectivity index (χ0) is 20.6. The first kappa shape index (κ1) is 19.5. The second-order valence-corrected chi connectivity index (χ2v) is 5.83. The van der Waals surface area contributed by atoms with Gasteiger partial charge in [0.25, 0.3) is 0 Å². The van der Waals surface area contributed by atoms with Crippen molar-refractivity contribution in [2.75, 3.05) is 5.43 Å². The van der Waals surface area contributed by atoms with Crippen molar-refractivity contribution in [3.63, 3.8) is 0 Å². The van der Waals surface area contributed by atoms with Crippen molar-refractivity contribution >= 4 is 23.7 Å². The maximum absolute atomic E-state index is 11.0. The molecule has 2 N–H and O–H groups in total. The predicted molar refractivity (Wildman–Crippen MR) is 106 cm³/mol. The topological polar surface area (TPSA) is 127 Å². The number of carboxylic acid groups (broad SMARTS) is 1. The van der Waals surface area contributed by atoms with Crippen LogP contribution < -0.4 is 10.2 Å². The fourth-order valence-electron chi connectivity index (χ4n) is 2.42. The quantitative estimate of drug-likeness (QED) is 0.340. The molecular formula is C20H16N4O5. The lowest BCUT2D eigenvalue weighted by Gasteiger charge is -2.09. The van der Waals surface area contributed by atoms with Gasteiger partial charge in [0, 0.05) is 17.8 Å². The first-order valence-corrected chi connectivity index (χ1v) is 8.47. The number of para-hydroxylation sites is 1. The SMILES string of the molecule is O=C(O)c1ccc(COc2ccccc2/C=N/Nc2ncccc2[N+](=O)[O-])cc1. The Kier molecular flexibility index (Phi) is 6.11. The normalized spacial score (nSPS) is 10.6. The fraction of sp³-hybridized carbons (Fsp3) is 0.0500. The second kappa shape index (κ2) is 9.09. The molecule has 0 aliphatic carbocycles. The number of hydrogen-bond acceptors (Lipinski definition) is 7. The average Bonchev–Trinajstić information content (AvgIpc) is 2.73. The van der Waals surface area contributed by atoms with Gasteiger partial charge in [-0.25, -0.2) is 9.78 Å². The highest BCUT2D eigenvalue weighted by molar-refractivity contribution is 5.87. The summed E-state index contributed by atoms with van der Waals surface area (Å²) in [6, 6.07) is 16.3. The summed E-state index contributed by atoms with van der Waals surface area (Å²) in [5.41, 5.74) is 4.05. The van der Waals surface area contributed by atoms with E-state index in [4.69, 9.17) is 9.84 Å². The molecule has 0 aliphatic rings. The molecule has 1 heterocycles. The van der Waals surface area contributed by atoms with Crippen molar-refractivity contribution in [1.29, 1.82) is 0 Å². The van der Waals surface area contributed by atoms with Crippen LogP contribution in [0.3, 0.4) is 0 Å². The number of anilines is 1. The number of aromatic carboxylic acids is 1. The first-order chi connectivity index (χ1) is 14.0. The van der Waals surface area contributed by atoms with Gasteiger partial charge in [0.05, 0.1) is 16.7 Å². The van der Waals surface area contributed by atoms with Crippen molar-refractivity contribution in [2.24, 2.45) is 5.10 Å². The minimum Gasteiger partial charge on any atom is -0.488 e. The summed E-state index contributed by atoms with van der Waals surface area (Å²) in [7, 11) is 0. The van der Waals surface area contributed by atoms with E-state index in [0.29, 0.717) is 11.3 Å². The molecule has 9 nitrogen and oxygen atoms in total. The number of carbonyl (C=O) groups is 1. The molecule has 0 amide bonds. The number of hydrazone groups is 1. The van der Waals surface area contributed by atoms with E-state index in [2.05, 4.69) is 15.5 Å². The van der Waals surface area contributed by atoms with E-state index in [1.54, 1.807) is 36.4 Å². The van der Waals surface area contributed by atoms with E-state index < -0.39 is 10.9 Å². The molecule has 0 fully saturated rings. The van der Waals surface area contributed by atoms with Crippen LogP contribution >= 0.6 is 0 Å². The van der Waals surface area contributed by atoms with E-state index in [0.717, 1.165) is 5.56 Å². The third-order valence-corrected chi connectivity index (χ3v) is 3.87. The van der Waals surface area contributed by atoms with E-state index in [1.807, 2.05) is 0 Å². The van der Waals surface area contributed by atoms with Crippen LogP contribution in [0.1, 0.15) is 21.5 Å². The lowest BCUT2D eigenvalue weighted by molar-refractivity contribution is -0.384.